The lowest BCUT2D eigenvalue weighted by atomic mass is 10.2. The Morgan fingerprint density at radius 2 is 1.69 bits per heavy atom. The van der Waals surface area contributed by atoms with Gasteiger partial charge in [-0.15, -0.1) is 0 Å². The number of hydrogen-bond donors (Lipinski definition) is 2. The molecule has 26 heavy (non-hydrogen) atoms. The Bertz CT molecular complexity index is 912. The van der Waals surface area contributed by atoms with Gasteiger partial charge in [-0.05, 0) is 43.7 Å². The van der Waals surface area contributed by atoms with Gasteiger partial charge in [0.05, 0.1) is 19.9 Å². The van der Waals surface area contributed by atoms with Gasteiger partial charge < -0.3 is 20.1 Å². The van der Waals surface area contributed by atoms with E-state index < -0.39 is 0 Å². The molecule has 1 aromatic heterocycles. The van der Waals surface area contributed by atoms with Gasteiger partial charge >= 0.3 is 0 Å². The number of anilines is 4. The summed E-state index contributed by atoms with van der Waals surface area (Å²) in [5.74, 6) is 2.71. The highest BCUT2D eigenvalue weighted by Gasteiger charge is 2.08. The molecule has 0 saturated carbocycles. The fourth-order valence-corrected chi connectivity index (χ4v) is 2.58. The van der Waals surface area contributed by atoms with Gasteiger partial charge in [0.2, 0.25) is 5.95 Å². The van der Waals surface area contributed by atoms with E-state index in [2.05, 4.69) is 20.6 Å². The van der Waals surface area contributed by atoms with Crippen molar-refractivity contribution in [1.82, 2.24) is 9.97 Å². The number of aromatic nitrogens is 2. The third kappa shape index (κ3) is 4.22. The quantitative estimate of drug-likeness (QED) is 0.677. The van der Waals surface area contributed by atoms with E-state index in [9.17, 15) is 0 Å². The third-order valence-electron chi connectivity index (χ3n) is 3.80. The van der Waals surface area contributed by atoms with E-state index in [4.69, 9.17) is 9.47 Å². The summed E-state index contributed by atoms with van der Waals surface area (Å²) in [6.07, 6.45) is 0. The zero-order chi connectivity index (χ0) is 18.5. The van der Waals surface area contributed by atoms with E-state index >= 15 is 0 Å². The molecule has 0 spiro atoms. The van der Waals surface area contributed by atoms with Crippen LogP contribution in [0.4, 0.5) is 23.1 Å². The lowest BCUT2D eigenvalue weighted by Gasteiger charge is -2.13. The minimum absolute atomic E-state index is 0.499. The molecule has 2 aromatic carbocycles. The first-order valence-electron chi connectivity index (χ1n) is 8.26. The molecule has 0 amide bonds. The number of aryl methyl sites for hydroxylation is 2. The van der Waals surface area contributed by atoms with Gasteiger partial charge in [0.25, 0.3) is 0 Å². The van der Waals surface area contributed by atoms with E-state index in [1.54, 1.807) is 14.2 Å². The molecule has 0 aliphatic heterocycles. The van der Waals surface area contributed by atoms with Crippen molar-refractivity contribution in [3.63, 3.8) is 0 Å². The topological polar surface area (TPSA) is 68.3 Å². The van der Waals surface area contributed by atoms with E-state index in [-0.39, 0.29) is 0 Å². The highest BCUT2D eigenvalue weighted by atomic mass is 16.5. The maximum Gasteiger partial charge on any atom is 0.229 e. The molecule has 0 fully saturated rings. The summed E-state index contributed by atoms with van der Waals surface area (Å²) in [6.45, 7) is 3.95. The highest BCUT2D eigenvalue weighted by molar-refractivity contribution is 5.65. The van der Waals surface area contributed by atoms with Crippen molar-refractivity contribution in [3.8, 4) is 11.5 Å². The first-order chi connectivity index (χ1) is 12.6. The Morgan fingerprint density at radius 1 is 0.846 bits per heavy atom. The number of hydrogen-bond acceptors (Lipinski definition) is 6. The SMILES string of the molecule is COc1cccc(Nc2cc(C)nc(Nc3cc(C)ccc3OC)n2)c1. The number of benzene rings is 2. The molecule has 2 N–H and O–H groups in total. The van der Waals surface area contributed by atoms with Gasteiger partial charge in [-0.2, -0.15) is 4.98 Å². The van der Waals surface area contributed by atoms with Gasteiger partial charge in [-0.25, -0.2) is 4.98 Å². The average molecular weight is 350 g/mol. The van der Waals surface area contributed by atoms with Gasteiger partial charge in [0, 0.05) is 23.5 Å². The molecule has 6 nitrogen and oxygen atoms in total. The van der Waals surface area contributed by atoms with Crippen molar-refractivity contribution < 1.29 is 9.47 Å². The van der Waals surface area contributed by atoms with Crippen molar-refractivity contribution in [1.29, 1.82) is 0 Å². The predicted molar refractivity (Wildman–Crippen MR) is 104 cm³/mol. The van der Waals surface area contributed by atoms with Crippen LogP contribution < -0.4 is 20.1 Å². The average Bonchev–Trinajstić information content (AvgIpc) is 2.61. The summed E-state index contributed by atoms with van der Waals surface area (Å²) in [5.41, 5.74) is 3.68. The molecule has 3 aromatic rings. The maximum atomic E-state index is 5.41. The van der Waals surface area contributed by atoms with Crippen LogP contribution in [0, 0.1) is 13.8 Å². The molecule has 0 aliphatic rings. The summed E-state index contributed by atoms with van der Waals surface area (Å²) in [5, 5.41) is 6.53. The molecule has 134 valence electrons. The van der Waals surface area contributed by atoms with Crippen LogP contribution in [0.25, 0.3) is 0 Å². The van der Waals surface area contributed by atoms with Crippen LogP contribution in [0.15, 0.2) is 48.5 Å². The van der Waals surface area contributed by atoms with Crippen molar-refractivity contribution in [2.24, 2.45) is 0 Å². The van der Waals surface area contributed by atoms with Gasteiger partial charge in [0.15, 0.2) is 0 Å². The summed E-state index contributed by atoms with van der Waals surface area (Å²) < 4.78 is 10.7. The molecule has 6 heteroatoms. The molecular weight excluding hydrogens is 328 g/mol. The Kier molecular flexibility index (Phi) is 5.22. The van der Waals surface area contributed by atoms with Crippen LogP contribution in [-0.2, 0) is 0 Å². The Labute approximate surface area is 153 Å². The zero-order valence-electron chi connectivity index (χ0n) is 15.3. The Hall–Kier alpha value is -3.28. The summed E-state index contributed by atoms with van der Waals surface area (Å²) in [7, 11) is 3.29. The second-order valence-electron chi connectivity index (χ2n) is 5.90. The molecular formula is C20H22N4O2. The van der Waals surface area contributed by atoms with E-state index in [0.717, 1.165) is 34.1 Å². The fourth-order valence-electron chi connectivity index (χ4n) is 2.58. The molecule has 1 heterocycles. The second kappa shape index (κ2) is 7.74. The van der Waals surface area contributed by atoms with Gasteiger partial charge in [-0.3, -0.25) is 0 Å². The lowest BCUT2D eigenvalue weighted by Crippen LogP contribution is -2.03. The lowest BCUT2D eigenvalue weighted by molar-refractivity contribution is 0.415. The van der Waals surface area contributed by atoms with E-state index in [1.165, 1.54) is 0 Å². The number of ether oxygens (including phenoxy) is 2. The summed E-state index contributed by atoms with van der Waals surface area (Å²) >= 11 is 0. The molecule has 0 aliphatic carbocycles. The number of nitrogens with zero attached hydrogens (tertiary/aromatic N) is 2. The van der Waals surface area contributed by atoms with Crippen LogP contribution in [0.3, 0.4) is 0 Å². The normalized spacial score (nSPS) is 10.3. The van der Waals surface area contributed by atoms with Gasteiger partial charge in [0.1, 0.15) is 17.3 Å². The number of methoxy groups -OCH3 is 2. The van der Waals surface area contributed by atoms with E-state index in [0.29, 0.717) is 11.8 Å². The summed E-state index contributed by atoms with van der Waals surface area (Å²) in [4.78, 5) is 9.02. The van der Waals surface area contributed by atoms with Crippen LogP contribution in [-0.4, -0.2) is 24.2 Å². The fraction of sp³-hybridized carbons (Fsp3) is 0.200. The standard InChI is InChI=1S/C20H22N4O2/c1-13-8-9-18(26-4)17(10-13)23-20-21-14(2)11-19(24-20)22-15-6-5-7-16(12-15)25-3/h5-12H,1-4H3,(H2,21,22,23,24). The Balaban J connectivity index is 1.87. The van der Waals surface area contributed by atoms with E-state index in [1.807, 2.05) is 62.4 Å². The third-order valence-corrected chi connectivity index (χ3v) is 3.80. The first-order valence-corrected chi connectivity index (χ1v) is 8.26. The molecule has 0 saturated heterocycles. The minimum Gasteiger partial charge on any atom is -0.497 e. The van der Waals surface area contributed by atoms with Crippen LogP contribution >= 0.6 is 0 Å². The van der Waals surface area contributed by atoms with Crippen molar-refractivity contribution in [2.45, 2.75) is 13.8 Å². The molecule has 0 atom stereocenters. The molecule has 3 rings (SSSR count). The van der Waals surface area contributed by atoms with Crippen LogP contribution in [0.2, 0.25) is 0 Å². The second-order valence-corrected chi connectivity index (χ2v) is 5.90. The maximum absolute atomic E-state index is 5.41. The van der Waals surface area contributed by atoms with Crippen molar-refractivity contribution >= 4 is 23.1 Å². The largest absolute Gasteiger partial charge is 0.497 e. The van der Waals surface area contributed by atoms with Crippen molar-refractivity contribution in [2.75, 3.05) is 24.9 Å². The molecule has 0 bridgehead atoms. The summed E-state index contributed by atoms with van der Waals surface area (Å²) in [6, 6.07) is 15.5. The van der Waals surface area contributed by atoms with Crippen LogP contribution in [0.1, 0.15) is 11.3 Å². The minimum atomic E-state index is 0.499. The smallest absolute Gasteiger partial charge is 0.229 e. The number of nitrogens with one attached hydrogen (secondary N) is 2. The highest BCUT2D eigenvalue weighted by Crippen LogP contribution is 2.28. The zero-order valence-corrected chi connectivity index (χ0v) is 15.3. The predicted octanol–water partition coefficient (Wildman–Crippen LogP) is 4.60. The molecule has 0 radical (unpaired) electrons. The first kappa shape index (κ1) is 17.5. The number of rotatable bonds is 6. The van der Waals surface area contributed by atoms with Crippen molar-refractivity contribution in [3.05, 3.63) is 59.8 Å². The molecule has 0 unspecified atom stereocenters. The monoisotopic (exact) mass is 350 g/mol. The van der Waals surface area contributed by atoms with Crippen LogP contribution in [0.5, 0.6) is 11.5 Å². The Morgan fingerprint density at radius 3 is 2.46 bits per heavy atom. The van der Waals surface area contributed by atoms with Gasteiger partial charge in [-0.1, -0.05) is 12.1 Å².